The maximum Gasteiger partial charge on any atom is 0.191 e. The van der Waals surface area contributed by atoms with Gasteiger partial charge in [0.15, 0.2) is 5.96 Å². The van der Waals surface area contributed by atoms with Gasteiger partial charge in [-0.3, -0.25) is 4.99 Å². The third-order valence-electron chi connectivity index (χ3n) is 5.34. The van der Waals surface area contributed by atoms with Crippen molar-refractivity contribution in [1.82, 2.24) is 10.6 Å². The number of guanidine groups is 1. The molecule has 3 aromatic rings. The van der Waals surface area contributed by atoms with Crippen LogP contribution in [0.2, 0.25) is 0 Å². The summed E-state index contributed by atoms with van der Waals surface area (Å²) in [6.45, 7) is 2.13. The van der Waals surface area contributed by atoms with Crippen LogP contribution in [0.15, 0.2) is 76.3 Å². The molecule has 0 fully saturated rings. The molecule has 1 unspecified atom stereocenters. The van der Waals surface area contributed by atoms with Gasteiger partial charge in [-0.25, -0.2) is 0 Å². The summed E-state index contributed by atoms with van der Waals surface area (Å²) in [4.78, 5) is 4.80. The van der Waals surface area contributed by atoms with Crippen molar-refractivity contribution in [3.05, 3.63) is 83.8 Å². The molecule has 0 amide bonds. The van der Waals surface area contributed by atoms with Crippen molar-refractivity contribution in [2.75, 3.05) is 26.8 Å². The van der Waals surface area contributed by atoms with Gasteiger partial charge in [0, 0.05) is 31.5 Å². The van der Waals surface area contributed by atoms with E-state index in [1.165, 1.54) is 11.1 Å². The molecule has 2 heterocycles. The molecule has 0 saturated carbocycles. The number of benzene rings is 2. The number of para-hydroxylation sites is 1. The largest absolute Gasteiger partial charge is 0.497 e. The molecule has 170 valence electrons. The molecule has 1 aromatic heterocycles. The second-order valence-electron chi connectivity index (χ2n) is 7.46. The molecule has 1 aliphatic heterocycles. The molecule has 0 spiro atoms. The van der Waals surface area contributed by atoms with Crippen LogP contribution in [-0.4, -0.2) is 32.8 Å². The molecule has 1 aliphatic rings. The summed E-state index contributed by atoms with van der Waals surface area (Å²) in [6.07, 6.45) is 4.26. The summed E-state index contributed by atoms with van der Waals surface area (Å²) in [6, 6.07) is 20.4. The zero-order valence-corrected chi connectivity index (χ0v) is 20.6. The molecule has 0 aliphatic carbocycles. The summed E-state index contributed by atoms with van der Waals surface area (Å²) < 4.78 is 16.5. The van der Waals surface area contributed by atoms with Gasteiger partial charge in [0.1, 0.15) is 17.3 Å². The van der Waals surface area contributed by atoms with Crippen LogP contribution < -0.4 is 20.1 Å². The highest BCUT2D eigenvalue weighted by atomic mass is 127. The van der Waals surface area contributed by atoms with Gasteiger partial charge in [-0.15, -0.1) is 24.0 Å². The zero-order valence-electron chi connectivity index (χ0n) is 18.3. The molecule has 32 heavy (non-hydrogen) atoms. The topological polar surface area (TPSA) is 68.0 Å². The molecular formula is C25H30IN3O3. The highest BCUT2D eigenvalue weighted by Gasteiger charge is 2.21. The third-order valence-corrected chi connectivity index (χ3v) is 5.34. The second kappa shape index (κ2) is 12.4. The van der Waals surface area contributed by atoms with Crippen molar-refractivity contribution in [1.29, 1.82) is 0 Å². The van der Waals surface area contributed by atoms with Crippen LogP contribution in [0.4, 0.5) is 0 Å². The second-order valence-corrected chi connectivity index (χ2v) is 7.46. The van der Waals surface area contributed by atoms with E-state index in [1.807, 2.05) is 42.5 Å². The Hall–Kier alpha value is -2.68. The summed E-state index contributed by atoms with van der Waals surface area (Å²) in [7, 11) is 1.68. The monoisotopic (exact) mass is 547 g/mol. The molecule has 0 bridgehead atoms. The number of aliphatic imine (C=N–C) groups is 1. The van der Waals surface area contributed by atoms with Gasteiger partial charge in [-0.05, 0) is 42.3 Å². The molecule has 2 aromatic carbocycles. The van der Waals surface area contributed by atoms with E-state index >= 15 is 0 Å². The SMILES string of the molecule is COc1ccc(CCNC(=NCCc2ccco2)NC2CCOc3ccccc32)cc1.I. The lowest BCUT2D eigenvalue weighted by Crippen LogP contribution is -2.42. The van der Waals surface area contributed by atoms with Crippen molar-refractivity contribution < 1.29 is 13.9 Å². The average Bonchev–Trinajstić information content (AvgIpc) is 3.33. The quantitative estimate of drug-likeness (QED) is 0.242. The highest BCUT2D eigenvalue weighted by Crippen LogP contribution is 2.31. The maximum absolute atomic E-state index is 5.80. The van der Waals surface area contributed by atoms with Gasteiger partial charge in [0.2, 0.25) is 0 Å². The summed E-state index contributed by atoms with van der Waals surface area (Å²) in [5.41, 5.74) is 2.42. The van der Waals surface area contributed by atoms with Crippen LogP contribution >= 0.6 is 24.0 Å². The number of hydrogen-bond acceptors (Lipinski definition) is 4. The lowest BCUT2D eigenvalue weighted by Gasteiger charge is -2.28. The Morgan fingerprint density at radius 1 is 1.06 bits per heavy atom. The van der Waals surface area contributed by atoms with E-state index in [9.17, 15) is 0 Å². The number of nitrogens with one attached hydrogen (secondary N) is 2. The Labute approximate surface area is 206 Å². The van der Waals surface area contributed by atoms with E-state index < -0.39 is 0 Å². The molecule has 7 heteroatoms. The number of hydrogen-bond donors (Lipinski definition) is 2. The van der Waals surface area contributed by atoms with Crippen LogP contribution in [-0.2, 0) is 12.8 Å². The first kappa shape index (κ1) is 24.0. The Balaban J connectivity index is 0.00000289. The first-order valence-electron chi connectivity index (χ1n) is 10.7. The molecule has 0 saturated heterocycles. The zero-order chi connectivity index (χ0) is 21.3. The highest BCUT2D eigenvalue weighted by molar-refractivity contribution is 14.0. The van der Waals surface area contributed by atoms with Gasteiger partial charge >= 0.3 is 0 Å². The van der Waals surface area contributed by atoms with Gasteiger partial charge in [0.25, 0.3) is 0 Å². The summed E-state index contributed by atoms with van der Waals surface area (Å²) >= 11 is 0. The van der Waals surface area contributed by atoms with Gasteiger partial charge in [-0.2, -0.15) is 0 Å². The number of furan rings is 1. The van der Waals surface area contributed by atoms with Crippen LogP contribution in [0.3, 0.4) is 0 Å². The molecular weight excluding hydrogens is 517 g/mol. The summed E-state index contributed by atoms with van der Waals surface area (Å²) in [5.74, 6) is 3.57. The number of halogens is 1. The lowest BCUT2D eigenvalue weighted by atomic mass is 10.0. The van der Waals surface area contributed by atoms with E-state index in [4.69, 9.17) is 18.9 Å². The fourth-order valence-corrected chi connectivity index (χ4v) is 3.66. The van der Waals surface area contributed by atoms with Crippen LogP contribution in [0.5, 0.6) is 11.5 Å². The number of ether oxygens (including phenoxy) is 2. The van der Waals surface area contributed by atoms with Gasteiger partial charge < -0.3 is 24.5 Å². The van der Waals surface area contributed by atoms with E-state index in [2.05, 4.69) is 28.8 Å². The van der Waals surface area contributed by atoms with E-state index in [0.29, 0.717) is 13.2 Å². The van der Waals surface area contributed by atoms with E-state index in [0.717, 1.165) is 49.0 Å². The fraction of sp³-hybridized carbons (Fsp3) is 0.320. The van der Waals surface area contributed by atoms with Gasteiger partial charge in [-0.1, -0.05) is 30.3 Å². The number of rotatable bonds is 8. The number of methoxy groups -OCH3 is 1. The normalized spacial score (nSPS) is 15.2. The maximum atomic E-state index is 5.80. The molecule has 1 atom stereocenters. The number of nitrogens with zero attached hydrogens (tertiary/aromatic N) is 1. The summed E-state index contributed by atoms with van der Waals surface area (Å²) in [5, 5.41) is 7.10. The first-order valence-corrected chi connectivity index (χ1v) is 10.7. The standard InChI is InChI=1S/C25H29N3O3.HI/c1-29-20-10-8-19(9-11-20)12-15-26-25(27-16-13-21-5-4-17-30-21)28-23-14-18-31-24-7-3-2-6-22(23)24;/h2-11,17,23H,12-16,18H2,1H3,(H2,26,27,28);1H. The number of fused-ring (bicyclic) bond motifs is 1. The minimum Gasteiger partial charge on any atom is -0.497 e. The van der Waals surface area contributed by atoms with Gasteiger partial charge in [0.05, 0.1) is 26.0 Å². The van der Waals surface area contributed by atoms with Crippen molar-refractivity contribution in [2.45, 2.75) is 25.3 Å². The average molecular weight is 547 g/mol. The van der Waals surface area contributed by atoms with Crippen molar-refractivity contribution >= 4 is 29.9 Å². The minimum absolute atomic E-state index is 0. The van der Waals surface area contributed by atoms with Crippen molar-refractivity contribution in [2.24, 2.45) is 4.99 Å². The Morgan fingerprint density at radius 3 is 2.69 bits per heavy atom. The van der Waals surface area contributed by atoms with Crippen LogP contribution in [0, 0.1) is 0 Å². The Kier molecular flexibility index (Phi) is 9.27. The van der Waals surface area contributed by atoms with E-state index in [-0.39, 0.29) is 30.0 Å². The fourth-order valence-electron chi connectivity index (χ4n) is 3.66. The van der Waals surface area contributed by atoms with Crippen LogP contribution in [0.1, 0.15) is 29.3 Å². The van der Waals surface area contributed by atoms with E-state index in [1.54, 1.807) is 13.4 Å². The van der Waals surface area contributed by atoms with Crippen LogP contribution in [0.25, 0.3) is 0 Å². The Bertz CT molecular complexity index is 974. The predicted molar refractivity (Wildman–Crippen MR) is 137 cm³/mol. The van der Waals surface area contributed by atoms with Crippen molar-refractivity contribution in [3.8, 4) is 11.5 Å². The molecule has 0 radical (unpaired) electrons. The molecule has 4 rings (SSSR count). The first-order chi connectivity index (χ1) is 15.3. The van der Waals surface area contributed by atoms with Crippen molar-refractivity contribution in [3.63, 3.8) is 0 Å². The predicted octanol–water partition coefficient (Wildman–Crippen LogP) is 4.75. The smallest absolute Gasteiger partial charge is 0.191 e. The third kappa shape index (κ3) is 6.66. The lowest BCUT2D eigenvalue weighted by molar-refractivity contribution is 0.261. The molecule has 2 N–H and O–H groups in total. The Morgan fingerprint density at radius 2 is 1.91 bits per heavy atom. The molecule has 6 nitrogen and oxygen atoms in total. The minimum atomic E-state index is 0.